The molecule has 0 saturated heterocycles. The largest absolute Gasteiger partial charge is 0.385 e. The highest BCUT2D eigenvalue weighted by Gasteiger charge is 2.16. The summed E-state index contributed by atoms with van der Waals surface area (Å²) in [6, 6.07) is 13.7. The molecule has 22 heavy (non-hydrogen) atoms. The van der Waals surface area contributed by atoms with Crippen LogP contribution in [0.15, 0.2) is 48.7 Å². The first-order valence-corrected chi connectivity index (χ1v) is 7.77. The fourth-order valence-corrected chi connectivity index (χ4v) is 2.22. The zero-order valence-corrected chi connectivity index (χ0v) is 13.2. The summed E-state index contributed by atoms with van der Waals surface area (Å²) in [6.07, 6.45) is 2.72. The molecule has 1 heterocycles. The van der Waals surface area contributed by atoms with Crippen molar-refractivity contribution < 1.29 is 4.79 Å². The molecule has 4 heteroatoms. The molecule has 1 aromatic heterocycles. The number of nitrogens with one attached hydrogen (secondary N) is 1. The van der Waals surface area contributed by atoms with Crippen molar-refractivity contribution in [1.29, 1.82) is 0 Å². The molecule has 4 nitrogen and oxygen atoms in total. The number of hydrogen-bond acceptors (Lipinski definition) is 3. The predicted octanol–water partition coefficient (Wildman–Crippen LogP) is 3.57. The molecule has 0 radical (unpaired) electrons. The van der Waals surface area contributed by atoms with E-state index in [9.17, 15) is 4.79 Å². The molecule has 1 N–H and O–H groups in total. The van der Waals surface area contributed by atoms with Gasteiger partial charge in [-0.3, -0.25) is 9.78 Å². The first-order chi connectivity index (χ1) is 10.7. The minimum Gasteiger partial charge on any atom is -0.385 e. The van der Waals surface area contributed by atoms with Gasteiger partial charge in [-0.05, 0) is 31.0 Å². The molecule has 0 unspecified atom stereocenters. The fourth-order valence-electron chi connectivity index (χ4n) is 2.22. The Morgan fingerprint density at radius 3 is 2.64 bits per heavy atom. The average molecular weight is 297 g/mol. The van der Waals surface area contributed by atoms with Gasteiger partial charge >= 0.3 is 0 Å². The molecular weight excluding hydrogens is 274 g/mol. The predicted molar refractivity (Wildman–Crippen MR) is 89.9 cm³/mol. The van der Waals surface area contributed by atoms with Gasteiger partial charge in [0.25, 0.3) is 5.91 Å². The number of hydrogen-bond donors (Lipinski definition) is 1. The second-order valence-corrected chi connectivity index (χ2v) is 5.16. The number of anilines is 1. The summed E-state index contributed by atoms with van der Waals surface area (Å²) >= 11 is 0. The zero-order valence-electron chi connectivity index (χ0n) is 13.2. The maximum atomic E-state index is 12.6. The third-order valence-corrected chi connectivity index (χ3v) is 3.44. The van der Waals surface area contributed by atoms with Crippen LogP contribution < -0.4 is 5.32 Å². The Kier molecular flexibility index (Phi) is 5.95. The molecule has 0 aliphatic rings. The molecule has 2 aromatic rings. The SMILES string of the molecule is CCCNc1ccnc(C(=O)N(CC)Cc2ccccc2)c1. The summed E-state index contributed by atoms with van der Waals surface area (Å²) in [5.41, 5.74) is 2.55. The first-order valence-electron chi connectivity index (χ1n) is 7.77. The minimum atomic E-state index is -0.0356. The molecule has 1 amide bonds. The second kappa shape index (κ2) is 8.17. The van der Waals surface area contributed by atoms with Crippen LogP contribution in [0.25, 0.3) is 0 Å². The van der Waals surface area contributed by atoms with Gasteiger partial charge in [0.15, 0.2) is 0 Å². The highest BCUT2D eigenvalue weighted by molar-refractivity contribution is 5.93. The molecular formula is C18H23N3O. The molecule has 116 valence electrons. The lowest BCUT2D eigenvalue weighted by Gasteiger charge is -2.21. The van der Waals surface area contributed by atoms with Crippen LogP contribution in [-0.2, 0) is 6.54 Å². The van der Waals surface area contributed by atoms with Crippen molar-refractivity contribution in [3.63, 3.8) is 0 Å². The van der Waals surface area contributed by atoms with E-state index in [0.717, 1.165) is 24.2 Å². The van der Waals surface area contributed by atoms with E-state index in [1.54, 1.807) is 11.1 Å². The van der Waals surface area contributed by atoms with E-state index < -0.39 is 0 Å². The Morgan fingerprint density at radius 1 is 1.18 bits per heavy atom. The van der Waals surface area contributed by atoms with Crippen molar-refractivity contribution in [3.8, 4) is 0 Å². The van der Waals surface area contributed by atoms with Crippen molar-refractivity contribution in [2.24, 2.45) is 0 Å². The van der Waals surface area contributed by atoms with Crippen LogP contribution in [0.1, 0.15) is 36.3 Å². The molecule has 1 aromatic carbocycles. The number of pyridine rings is 1. The molecule has 0 atom stereocenters. The molecule has 0 saturated carbocycles. The first kappa shape index (κ1) is 16.0. The fraction of sp³-hybridized carbons (Fsp3) is 0.333. The number of rotatable bonds is 7. The van der Waals surface area contributed by atoms with Gasteiger partial charge in [0, 0.05) is 31.5 Å². The molecule has 0 aliphatic heterocycles. The smallest absolute Gasteiger partial charge is 0.272 e. The molecule has 0 fully saturated rings. The van der Waals surface area contributed by atoms with E-state index in [4.69, 9.17) is 0 Å². The molecule has 0 bridgehead atoms. The van der Waals surface area contributed by atoms with Crippen molar-refractivity contribution in [1.82, 2.24) is 9.88 Å². The quantitative estimate of drug-likeness (QED) is 0.850. The van der Waals surface area contributed by atoms with E-state index >= 15 is 0 Å². The van der Waals surface area contributed by atoms with E-state index in [1.165, 1.54) is 0 Å². The van der Waals surface area contributed by atoms with Crippen molar-refractivity contribution in [2.45, 2.75) is 26.8 Å². The van der Waals surface area contributed by atoms with Crippen molar-refractivity contribution in [3.05, 3.63) is 59.9 Å². The minimum absolute atomic E-state index is 0.0356. The van der Waals surface area contributed by atoms with Gasteiger partial charge in [-0.1, -0.05) is 37.3 Å². The van der Waals surface area contributed by atoms with Crippen molar-refractivity contribution in [2.75, 3.05) is 18.4 Å². The van der Waals surface area contributed by atoms with Gasteiger partial charge in [-0.2, -0.15) is 0 Å². The summed E-state index contributed by atoms with van der Waals surface area (Å²) in [7, 11) is 0. The number of amides is 1. The third kappa shape index (κ3) is 4.32. The monoisotopic (exact) mass is 297 g/mol. The normalized spacial score (nSPS) is 10.3. The lowest BCUT2D eigenvalue weighted by atomic mass is 10.2. The lowest BCUT2D eigenvalue weighted by Crippen LogP contribution is -2.31. The van der Waals surface area contributed by atoms with Crippen LogP contribution in [-0.4, -0.2) is 28.9 Å². The number of carbonyl (C=O) groups is 1. The van der Waals surface area contributed by atoms with Crippen LogP contribution >= 0.6 is 0 Å². The summed E-state index contributed by atoms with van der Waals surface area (Å²) in [4.78, 5) is 18.7. The Labute approximate surface area is 132 Å². The summed E-state index contributed by atoms with van der Waals surface area (Å²) in [5.74, 6) is -0.0356. The van der Waals surface area contributed by atoms with E-state index in [0.29, 0.717) is 18.8 Å². The van der Waals surface area contributed by atoms with E-state index in [2.05, 4.69) is 17.2 Å². The van der Waals surface area contributed by atoms with Crippen LogP contribution in [0.5, 0.6) is 0 Å². The van der Waals surface area contributed by atoms with Gasteiger partial charge in [0.1, 0.15) is 5.69 Å². The Morgan fingerprint density at radius 2 is 1.95 bits per heavy atom. The maximum Gasteiger partial charge on any atom is 0.272 e. The zero-order chi connectivity index (χ0) is 15.8. The van der Waals surface area contributed by atoms with Crippen LogP contribution in [0.2, 0.25) is 0 Å². The maximum absolute atomic E-state index is 12.6. The van der Waals surface area contributed by atoms with Gasteiger partial charge < -0.3 is 10.2 Å². The lowest BCUT2D eigenvalue weighted by molar-refractivity contribution is 0.0746. The van der Waals surface area contributed by atoms with Crippen molar-refractivity contribution >= 4 is 11.6 Å². The Balaban J connectivity index is 2.11. The van der Waals surface area contributed by atoms with Crippen LogP contribution in [0.3, 0.4) is 0 Å². The van der Waals surface area contributed by atoms with Crippen LogP contribution in [0.4, 0.5) is 5.69 Å². The Hall–Kier alpha value is -2.36. The summed E-state index contributed by atoms with van der Waals surface area (Å²) < 4.78 is 0. The van der Waals surface area contributed by atoms with Gasteiger partial charge in [-0.25, -0.2) is 0 Å². The molecule has 0 spiro atoms. The summed E-state index contributed by atoms with van der Waals surface area (Å²) in [5, 5.41) is 3.29. The standard InChI is InChI=1S/C18H23N3O/c1-3-11-19-16-10-12-20-17(13-16)18(22)21(4-2)14-15-8-6-5-7-9-15/h5-10,12-13H,3-4,11,14H2,1-2H3,(H,19,20). The van der Waals surface area contributed by atoms with Gasteiger partial charge in [0.2, 0.25) is 0 Å². The second-order valence-electron chi connectivity index (χ2n) is 5.16. The number of nitrogens with zero attached hydrogens (tertiary/aromatic N) is 2. The number of benzene rings is 1. The highest BCUT2D eigenvalue weighted by Crippen LogP contribution is 2.12. The molecule has 0 aliphatic carbocycles. The van der Waals surface area contributed by atoms with E-state index in [-0.39, 0.29) is 5.91 Å². The number of aromatic nitrogens is 1. The van der Waals surface area contributed by atoms with Crippen LogP contribution in [0, 0.1) is 0 Å². The summed E-state index contributed by atoms with van der Waals surface area (Å²) in [6.45, 7) is 6.24. The topological polar surface area (TPSA) is 45.2 Å². The number of carbonyl (C=O) groups excluding carboxylic acids is 1. The molecule has 2 rings (SSSR count). The van der Waals surface area contributed by atoms with Gasteiger partial charge in [-0.15, -0.1) is 0 Å². The van der Waals surface area contributed by atoms with E-state index in [1.807, 2.05) is 49.4 Å². The third-order valence-electron chi connectivity index (χ3n) is 3.44. The Bertz CT molecular complexity index is 598. The van der Waals surface area contributed by atoms with Gasteiger partial charge in [0.05, 0.1) is 0 Å². The highest BCUT2D eigenvalue weighted by atomic mass is 16.2. The average Bonchev–Trinajstić information content (AvgIpc) is 2.58.